The Labute approximate surface area is 159 Å². The van der Waals surface area contributed by atoms with Crippen LogP contribution in [0.1, 0.15) is 36.2 Å². The van der Waals surface area contributed by atoms with Gasteiger partial charge in [-0.05, 0) is 44.0 Å². The molecule has 1 atom stereocenters. The molecule has 1 amide bonds. The lowest BCUT2D eigenvalue weighted by Crippen LogP contribution is -2.31. The van der Waals surface area contributed by atoms with E-state index in [-0.39, 0.29) is 11.9 Å². The molecule has 0 aliphatic carbocycles. The van der Waals surface area contributed by atoms with Crippen molar-refractivity contribution in [1.82, 2.24) is 15.3 Å². The molecule has 27 heavy (non-hydrogen) atoms. The summed E-state index contributed by atoms with van der Waals surface area (Å²) in [6.07, 6.45) is 4.48. The van der Waals surface area contributed by atoms with E-state index in [0.29, 0.717) is 11.5 Å². The lowest BCUT2D eigenvalue weighted by Gasteiger charge is -2.12. The number of carbonyl (C=O) groups excluding carboxylic acids is 1. The summed E-state index contributed by atoms with van der Waals surface area (Å²) in [7, 11) is 0. The molecule has 0 spiro atoms. The number of hydrogen-bond acceptors (Lipinski definition) is 4. The van der Waals surface area contributed by atoms with Crippen molar-refractivity contribution in [3.05, 3.63) is 72.1 Å². The highest BCUT2D eigenvalue weighted by molar-refractivity contribution is 5.95. The third-order valence-corrected chi connectivity index (χ3v) is 4.37. The zero-order chi connectivity index (χ0) is 19.2. The van der Waals surface area contributed by atoms with Gasteiger partial charge in [0.15, 0.2) is 0 Å². The minimum absolute atomic E-state index is 0.0799. The van der Waals surface area contributed by atoms with Gasteiger partial charge >= 0.3 is 0 Å². The standard InChI is InChI=1S/C22H24N4O/c1-4-16(3)25-21(27)18-9-6-10-20(12-18)26-22-23-13-19(14-24-22)17-8-5-7-15(2)11-17/h5-14,16H,4H2,1-3H3,(H,25,27)(H,23,24,26)/t16-/m1/s1. The van der Waals surface area contributed by atoms with Crippen LogP contribution in [0, 0.1) is 6.92 Å². The second kappa shape index (κ2) is 8.45. The Morgan fingerprint density at radius 3 is 2.48 bits per heavy atom. The first-order valence-corrected chi connectivity index (χ1v) is 9.12. The van der Waals surface area contributed by atoms with E-state index in [1.165, 1.54) is 5.56 Å². The number of aryl methyl sites for hydroxylation is 1. The minimum atomic E-state index is -0.0799. The number of carbonyl (C=O) groups is 1. The Balaban J connectivity index is 1.72. The van der Waals surface area contributed by atoms with Crippen LogP contribution < -0.4 is 10.6 Å². The summed E-state index contributed by atoms with van der Waals surface area (Å²) in [5.41, 5.74) is 4.63. The SMILES string of the molecule is CC[C@@H](C)NC(=O)c1cccc(Nc2ncc(-c3cccc(C)c3)cn2)c1. The number of aromatic nitrogens is 2. The van der Waals surface area contributed by atoms with Gasteiger partial charge in [-0.2, -0.15) is 0 Å². The fourth-order valence-corrected chi connectivity index (χ4v) is 2.64. The Kier molecular flexibility index (Phi) is 5.81. The molecule has 5 nitrogen and oxygen atoms in total. The van der Waals surface area contributed by atoms with Crippen LogP contribution in [-0.2, 0) is 0 Å². The molecule has 3 aromatic rings. The van der Waals surface area contributed by atoms with E-state index >= 15 is 0 Å². The van der Waals surface area contributed by atoms with Crippen molar-refractivity contribution in [3.8, 4) is 11.1 Å². The van der Waals surface area contributed by atoms with Gasteiger partial charge in [0.25, 0.3) is 5.91 Å². The van der Waals surface area contributed by atoms with Gasteiger partial charge < -0.3 is 10.6 Å². The van der Waals surface area contributed by atoms with Crippen molar-refractivity contribution >= 4 is 17.5 Å². The number of nitrogens with one attached hydrogen (secondary N) is 2. The van der Waals surface area contributed by atoms with Crippen molar-refractivity contribution in [2.45, 2.75) is 33.2 Å². The van der Waals surface area contributed by atoms with Gasteiger partial charge in [0.05, 0.1) is 0 Å². The van der Waals surface area contributed by atoms with Crippen LogP contribution in [0.5, 0.6) is 0 Å². The van der Waals surface area contributed by atoms with E-state index in [2.05, 4.69) is 39.7 Å². The molecule has 1 aromatic heterocycles. The van der Waals surface area contributed by atoms with E-state index in [1.54, 1.807) is 24.5 Å². The quantitative estimate of drug-likeness (QED) is 0.667. The second-order valence-corrected chi connectivity index (χ2v) is 6.65. The maximum atomic E-state index is 12.3. The average Bonchev–Trinajstić information content (AvgIpc) is 2.68. The van der Waals surface area contributed by atoms with Crippen LogP contribution in [0.15, 0.2) is 60.9 Å². The molecule has 0 bridgehead atoms. The first-order valence-electron chi connectivity index (χ1n) is 9.12. The fourth-order valence-electron chi connectivity index (χ4n) is 2.64. The van der Waals surface area contributed by atoms with Crippen molar-refractivity contribution in [2.24, 2.45) is 0 Å². The summed E-state index contributed by atoms with van der Waals surface area (Å²) in [4.78, 5) is 21.1. The summed E-state index contributed by atoms with van der Waals surface area (Å²) < 4.78 is 0. The molecule has 0 saturated carbocycles. The molecular weight excluding hydrogens is 336 g/mol. The number of benzene rings is 2. The smallest absolute Gasteiger partial charge is 0.251 e. The lowest BCUT2D eigenvalue weighted by atomic mass is 10.1. The Morgan fingerprint density at radius 1 is 1.04 bits per heavy atom. The van der Waals surface area contributed by atoms with Crippen LogP contribution in [-0.4, -0.2) is 21.9 Å². The monoisotopic (exact) mass is 360 g/mol. The molecule has 3 rings (SSSR count). The van der Waals surface area contributed by atoms with Crippen LogP contribution in [0.2, 0.25) is 0 Å². The van der Waals surface area contributed by atoms with Crippen LogP contribution in [0.3, 0.4) is 0 Å². The minimum Gasteiger partial charge on any atom is -0.350 e. The molecule has 0 radical (unpaired) electrons. The van der Waals surface area contributed by atoms with Crippen LogP contribution in [0.25, 0.3) is 11.1 Å². The van der Waals surface area contributed by atoms with Crippen molar-refractivity contribution < 1.29 is 4.79 Å². The normalized spacial score (nSPS) is 11.7. The van der Waals surface area contributed by atoms with Crippen molar-refractivity contribution in [1.29, 1.82) is 0 Å². The van der Waals surface area contributed by atoms with Gasteiger partial charge in [0.1, 0.15) is 0 Å². The fraction of sp³-hybridized carbons (Fsp3) is 0.227. The number of anilines is 2. The molecule has 138 valence electrons. The van der Waals surface area contributed by atoms with E-state index in [4.69, 9.17) is 0 Å². The molecule has 5 heteroatoms. The molecule has 0 saturated heterocycles. The van der Waals surface area contributed by atoms with Crippen LogP contribution in [0.4, 0.5) is 11.6 Å². The van der Waals surface area contributed by atoms with E-state index in [0.717, 1.165) is 23.2 Å². The van der Waals surface area contributed by atoms with E-state index in [1.807, 2.05) is 38.1 Å². The maximum absolute atomic E-state index is 12.3. The van der Waals surface area contributed by atoms with Crippen molar-refractivity contribution in [2.75, 3.05) is 5.32 Å². The summed E-state index contributed by atoms with van der Waals surface area (Å²) in [6, 6.07) is 15.7. The van der Waals surface area contributed by atoms with Gasteiger partial charge in [0.2, 0.25) is 5.95 Å². The van der Waals surface area contributed by atoms with Gasteiger partial charge in [0, 0.05) is 35.2 Å². The average molecular weight is 360 g/mol. The van der Waals surface area contributed by atoms with E-state index in [9.17, 15) is 4.79 Å². The molecular formula is C22H24N4O. The number of nitrogens with zero attached hydrogens (tertiary/aromatic N) is 2. The summed E-state index contributed by atoms with van der Waals surface area (Å²) >= 11 is 0. The van der Waals surface area contributed by atoms with Gasteiger partial charge in [-0.25, -0.2) is 9.97 Å². The Bertz CT molecular complexity index is 922. The molecule has 0 aliphatic heterocycles. The summed E-state index contributed by atoms with van der Waals surface area (Å²) in [6.45, 7) is 6.09. The Morgan fingerprint density at radius 2 is 1.78 bits per heavy atom. The summed E-state index contributed by atoms with van der Waals surface area (Å²) in [5.74, 6) is 0.412. The zero-order valence-electron chi connectivity index (χ0n) is 15.9. The summed E-state index contributed by atoms with van der Waals surface area (Å²) in [5, 5.41) is 6.12. The van der Waals surface area contributed by atoms with Crippen molar-refractivity contribution in [3.63, 3.8) is 0 Å². The topological polar surface area (TPSA) is 66.9 Å². The van der Waals surface area contributed by atoms with Gasteiger partial charge in [-0.1, -0.05) is 42.8 Å². The lowest BCUT2D eigenvalue weighted by molar-refractivity contribution is 0.0939. The Hall–Kier alpha value is -3.21. The number of rotatable bonds is 6. The molecule has 2 aromatic carbocycles. The second-order valence-electron chi connectivity index (χ2n) is 6.65. The highest BCUT2D eigenvalue weighted by Crippen LogP contribution is 2.20. The van der Waals surface area contributed by atoms with E-state index < -0.39 is 0 Å². The largest absolute Gasteiger partial charge is 0.350 e. The predicted molar refractivity (Wildman–Crippen MR) is 109 cm³/mol. The molecule has 0 aliphatic rings. The highest BCUT2D eigenvalue weighted by atomic mass is 16.1. The van der Waals surface area contributed by atoms with Crippen LogP contribution >= 0.6 is 0 Å². The number of hydrogen-bond donors (Lipinski definition) is 2. The third-order valence-electron chi connectivity index (χ3n) is 4.37. The van der Waals surface area contributed by atoms with Gasteiger partial charge in [-0.3, -0.25) is 4.79 Å². The first kappa shape index (κ1) is 18.6. The highest BCUT2D eigenvalue weighted by Gasteiger charge is 2.09. The zero-order valence-corrected chi connectivity index (χ0v) is 15.9. The maximum Gasteiger partial charge on any atom is 0.251 e. The molecule has 1 heterocycles. The first-order chi connectivity index (χ1) is 13.0. The predicted octanol–water partition coefficient (Wildman–Crippen LogP) is 4.72. The third kappa shape index (κ3) is 4.91. The molecule has 2 N–H and O–H groups in total. The van der Waals surface area contributed by atoms with Gasteiger partial charge in [-0.15, -0.1) is 0 Å². The number of amides is 1. The molecule has 0 unspecified atom stereocenters. The molecule has 0 fully saturated rings.